The molecular weight excluding hydrogens is 384 g/mol. The number of nitrogens with zero attached hydrogens (tertiary/aromatic N) is 2. The number of anilines is 2. The first-order chi connectivity index (χ1) is 12.0. The van der Waals surface area contributed by atoms with Gasteiger partial charge in [-0.15, -0.1) is 0 Å². The van der Waals surface area contributed by atoms with E-state index in [1.807, 2.05) is 12.1 Å². The summed E-state index contributed by atoms with van der Waals surface area (Å²) in [7, 11) is 0. The lowest BCUT2D eigenvalue weighted by Crippen LogP contribution is -2.10. The molecule has 7 heteroatoms. The number of carbonyl (C=O) groups excluding carboxylic acids is 1. The molecular formula is C18H15BrN4O2. The van der Waals surface area contributed by atoms with Gasteiger partial charge >= 0.3 is 0 Å². The number of rotatable bonds is 5. The molecule has 0 saturated heterocycles. The Labute approximate surface area is 152 Å². The van der Waals surface area contributed by atoms with Crippen molar-refractivity contribution in [3.05, 3.63) is 76.0 Å². The summed E-state index contributed by atoms with van der Waals surface area (Å²) < 4.78 is 0.666. The fourth-order valence-corrected chi connectivity index (χ4v) is 2.61. The Morgan fingerprint density at radius 2 is 2.00 bits per heavy atom. The highest BCUT2D eigenvalue weighted by Crippen LogP contribution is 2.20. The molecule has 25 heavy (non-hydrogen) atoms. The highest BCUT2D eigenvalue weighted by atomic mass is 79.9. The number of ketones is 1. The van der Waals surface area contributed by atoms with Crippen molar-refractivity contribution in [1.82, 2.24) is 9.97 Å². The lowest BCUT2D eigenvalue weighted by Gasteiger charge is -2.09. The van der Waals surface area contributed by atoms with Gasteiger partial charge in [0.2, 0.25) is 5.78 Å². The normalized spacial score (nSPS) is 10.4. The number of phenolic OH excluding ortho intramolecular Hbond substituents is 1. The maximum absolute atomic E-state index is 12.6. The molecule has 0 bridgehead atoms. The summed E-state index contributed by atoms with van der Waals surface area (Å²) in [5, 5.41) is 12.9. The van der Waals surface area contributed by atoms with Crippen LogP contribution in [-0.2, 0) is 6.54 Å². The van der Waals surface area contributed by atoms with Crippen LogP contribution in [0.5, 0.6) is 5.75 Å². The molecule has 0 radical (unpaired) electrons. The van der Waals surface area contributed by atoms with E-state index in [0.29, 0.717) is 22.4 Å². The first-order valence-electron chi connectivity index (χ1n) is 7.48. The van der Waals surface area contributed by atoms with E-state index in [-0.39, 0.29) is 23.0 Å². The lowest BCUT2D eigenvalue weighted by molar-refractivity contribution is 0.103. The number of pyridine rings is 2. The molecule has 0 fully saturated rings. The van der Waals surface area contributed by atoms with Gasteiger partial charge < -0.3 is 16.2 Å². The highest BCUT2D eigenvalue weighted by Gasteiger charge is 2.15. The number of phenols is 1. The van der Waals surface area contributed by atoms with E-state index in [0.717, 1.165) is 5.56 Å². The maximum Gasteiger partial charge on any atom is 0.215 e. The number of carbonyl (C=O) groups is 1. The minimum Gasteiger partial charge on any atom is -0.508 e. The zero-order valence-corrected chi connectivity index (χ0v) is 14.7. The van der Waals surface area contributed by atoms with E-state index in [1.165, 1.54) is 6.20 Å². The van der Waals surface area contributed by atoms with Gasteiger partial charge in [0, 0.05) is 22.8 Å². The quantitative estimate of drug-likeness (QED) is 0.569. The summed E-state index contributed by atoms with van der Waals surface area (Å²) in [6, 6.07) is 13.7. The summed E-state index contributed by atoms with van der Waals surface area (Å²) in [6.07, 6.45) is 1.53. The van der Waals surface area contributed by atoms with Crippen LogP contribution < -0.4 is 11.1 Å². The summed E-state index contributed by atoms with van der Waals surface area (Å²) in [5.41, 5.74) is 7.08. The van der Waals surface area contributed by atoms with Gasteiger partial charge in [0.1, 0.15) is 23.1 Å². The van der Waals surface area contributed by atoms with Crippen molar-refractivity contribution in [2.75, 3.05) is 11.1 Å². The van der Waals surface area contributed by atoms with Crippen LogP contribution >= 0.6 is 15.9 Å². The zero-order chi connectivity index (χ0) is 17.8. The maximum atomic E-state index is 12.6. The van der Waals surface area contributed by atoms with Crippen LogP contribution in [0.4, 0.5) is 11.6 Å². The predicted octanol–water partition coefficient (Wildman–Crippen LogP) is 3.37. The number of halogens is 1. The monoisotopic (exact) mass is 398 g/mol. The van der Waals surface area contributed by atoms with Crippen molar-refractivity contribution < 1.29 is 9.90 Å². The summed E-state index contributed by atoms with van der Waals surface area (Å²) in [6.45, 7) is 0.387. The molecule has 0 spiro atoms. The molecule has 0 aliphatic rings. The minimum atomic E-state index is -0.308. The molecule has 0 saturated carbocycles. The smallest absolute Gasteiger partial charge is 0.215 e. The highest BCUT2D eigenvalue weighted by molar-refractivity contribution is 9.10. The van der Waals surface area contributed by atoms with Gasteiger partial charge in [0.05, 0.1) is 5.56 Å². The minimum absolute atomic E-state index is 0.155. The number of nitrogens with two attached hydrogens (primary N) is 1. The number of nitrogen functional groups attached to an aromatic ring is 1. The van der Waals surface area contributed by atoms with Gasteiger partial charge in [-0.1, -0.05) is 24.3 Å². The number of aromatic hydroxyl groups is 1. The molecule has 2 heterocycles. The van der Waals surface area contributed by atoms with Crippen LogP contribution in [0.1, 0.15) is 21.6 Å². The number of benzene rings is 1. The first-order valence-corrected chi connectivity index (χ1v) is 8.27. The molecule has 3 rings (SSSR count). The Morgan fingerprint density at radius 1 is 1.20 bits per heavy atom. The SMILES string of the molecule is Nc1ncc(Br)cc1C(=O)c1cccc(NCc2ccccc2O)n1. The molecule has 126 valence electrons. The average molecular weight is 399 g/mol. The Kier molecular flexibility index (Phi) is 4.95. The van der Waals surface area contributed by atoms with Crippen molar-refractivity contribution in [2.24, 2.45) is 0 Å². The Balaban J connectivity index is 1.80. The molecule has 0 amide bonds. The second kappa shape index (κ2) is 7.31. The predicted molar refractivity (Wildman–Crippen MR) is 99.5 cm³/mol. The molecule has 0 aliphatic carbocycles. The topological polar surface area (TPSA) is 101 Å². The van der Waals surface area contributed by atoms with Crippen LogP contribution in [0.2, 0.25) is 0 Å². The molecule has 0 aliphatic heterocycles. The molecule has 1 aromatic carbocycles. The van der Waals surface area contributed by atoms with E-state index >= 15 is 0 Å². The van der Waals surface area contributed by atoms with Crippen LogP contribution in [0.25, 0.3) is 0 Å². The van der Waals surface area contributed by atoms with Gasteiger partial charge in [-0.3, -0.25) is 4.79 Å². The number of hydrogen-bond acceptors (Lipinski definition) is 6. The fraction of sp³-hybridized carbons (Fsp3) is 0.0556. The van der Waals surface area contributed by atoms with Gasteiger partial charge in [0.25, 0.3) is 0 Å². The third kappa shape index (κ3) is 3.95. The van der Waals surface area contributed by atoms with Crippen LogP contribution in [0, 0.1) is 0 Å². The van der Waals surface area contributed by atoms with Crippen LogP contribution in [0.15, 0.2) is 59.2 Å². The van der Waals surface area contributed by atoms with Gasteiger partial charge in [-0.2, -0.15) is 0 Å². The van der Waals surface area contributed by atoms with Gasteiger partial charge in [-0.25, -0.2) is 9.97 Å². The Hall–Kier alpha value is -2.93. The summed E-state index contributed by atoms with van der Waals surface area (Å²) in [4.78, 5) is 20.9. The van der Waals surface area contributed by atoms with Crippen molar-refractivity contribution >= 4 is 33.3 Å². The Bertz CT molecular complexity index is 930. The van der Waals surface area contributed by atoms with E-state index < -0.39 is 0 Å². The third-order valence-corrected chi connectivity index (χ3v) is 4.00. The molecule has 2 aromatic heterocycles. The first kappa shape index (κ1) is 16.9. The zero-order valence-electron chi connectivity index (χ0n) is 13.1. The molecule has 3 aromatic rings. The number of hydrogen-bond donors (Lipinski definition) is 3. The van der Waals surface area contributed by atoms with Crippen molar-refractivity contribution in [3.8, 4) is 5.75 Å². The van der Waals surface area contributed by atoms with Crippen LogP contribution in [-0.4, -0.2) is 20.9 Å². The lowest BCUT2D eigenvalue weighted by atomic mass is 10.1. The van der Waals surface area contributed by atoms with Gasteiger partial charge in [0.15, 0.2) is 0 Å². The van der Waals surface area contributed by atoms with Crippen molar-refractivity contribution in [2.45, 2.75) is 6.54 Å². The van der Waals surface area contributed by atoms with Crippen molar-refractivity contribution in [1.29, 1.82) is 0 Å². The van der Waals surface area contributed by atoms with E-state index in [4.69, 9.17) is 5.73 Å². The standard InChI is InChI=1S/C18H15BrN4O2/c19-12-8-13(18(20)22-10-12)17(25)14-5-3-7-16(23-14)21-9-11-4-1-2-6-15(11)24/h1-8,10,24H,9H2,(H2,20,22)(H,21,23). The number of nitrogens with one attached hydrogen (secondary N) is 1. The molecule has 4 N–H and O–H groups in total. The molecule has 6 nitrogen and oxygen atoms in total. The second-order valence-corrected chi connectivity index (χ2v) is 6.22. The summed E-state index contributed by atoms with van der Waals surface area (Å²) >= 11 is 3.28. The van der Waals surface area contributed by atoms with Crippen LogP contribution in [0.3, 0.4) is 0 Å². The van der Waals surface area contributed by atoms with E-state index in [2.05, 4.69) is 31.2 Å². The molecule has 0 unspecified atom stereocenters. The average Bonchev–Trinajstić information content (AvgIpc) is 2.63. The summed E-state index contributed by atoms with van der Waals surface area (Å²) in [5.74, 6) is 0.575. The molecule has 0 atom stereocenters. The Morgan fingerprint density at radius 3 is 2.80 bits per heavy atom. The number of para-hydroxylation sites is 1. The van der Waals surface area contributed by atoms with E-state index in [9.17, 15) is 9.90 Å². The number of aromatic nitrogens is 2. The fourth-order valence-electron chi connectivity index (χ4n) is 2.28. The van der Waals surface area contributed by atoms with Crippen molar-refractivity contribution in [3.63, 3.8) is 0 Å². The largest absolute Gasteiger partial charge is 0.508 e. The second-order valence-electron chi connectivity index (χ2n) is 5.31. The third-order valence-electron chi connectivity index (χ3n) is 3.56. The van der Waals surface area contributed by atoms with Gasteiger partial charge in [-0.05, 0) is 40.2 Å². The van der Waals surface area contributed by atoms with E-state index in [1.54, 1.807) is 36.4 Å².